The molecule has 0 saturated carbocycles. The van der Waals surface area contributed by atoms with Gasteiger partial charge in [0.05, 0.1) is 6.10 Å². The van der Waals surface area contributed by atoms with Gasteiger partial charge in [0.1, 0.15) is 0 Å². The Bertz CT molecular complexity index is 373. The minimum absolute atomic E-state index is 0.125. The van der Waals surface area contributed by atoms with Crippen molar-refractivity contribution in [3.8, 4) is 0 Å². The van der Waals surface area contributed by atoms with Crippen LogP contribution in [0.15, 0.2) is 24.3 Å². The van der Waals surface area contributed by atoms with Crippen LogP contribution in [0.2, 0.25) is 0 Å². The van der Waals surface area contributed by atoms with Crippen molar-refractivity contribution in [1.29, 1.82) is 0 Å². The normalized spacial score (nSPS) is 14.0. The van der Waals surface area contributed by atoms with Gasteiger partial charge in [-0.05, 0) is 30.0 Å². The molecule has 100 valence electrons. The van der Waals surface area contributed by atoms with Crippen molar-refractivity contribution in [3.05, 3.63) is 35.4 Å². The highest BCUT2D eigenvalue weighted by Gasteiger charge is 2.13. The van der Waals surface area contributed by atoms with Crippen LogP contribution >= 0.6 is 0 Å². The van der Waals surface area contributed by atoms with Crippen molar-refractivity contribution in [3.63, 3.8) is 0 Å². The Morgan fingerprint density at radius 3 is 2.39 bits per heavy atom. The molecule has 1 rings (SSSR count). The molecular weight excluding hydrogens is 226 g/mol. The molecule has 1 aromatic rings. The van der Waals surface area contributed by atoms with Crippen LogP contribution in [0.1, 0.15) is 43.1 Å². The molecule has 3 nitrogen and oxygen atoms in total. The number of nitrogens with one attached hydrogen (secondary N) is 1. The molecule has 2 atom stereocenters. The van der Waals surface area contributed by atoms with E-state index >= 15 is 0 Å². The van der Waals surface area contributed by atoms with Gasteiger partial charge >= 0.3 is 0 Å². The largest absolute Gasteiger partial charge is 0.391 e. The summed E-state index contributed by atoms with van der Waals surface area (Å²) in [6.45, 7) is 6.40. The number of aliphatic hydroxyl groups is 1. The average molecular weight is 249 g/mol. The number of rotatable bonds is 6. The van der Waals surface area contributed by atoms with E-state index < -0.39 is 6.10 Å². The second-order valence-electron chi connectivity index (χ2n) is 4.71. The molecule has 0 bridgehead atoms. The minimum Gasteiger partial charge on any atom is -0.391 e. The lowest BCUT2D eigenvalue weighted by atomic mass is 10.0. The molecular formula is C15H23NO2. The van der Waals surface area contributed by atoms with Crippen LogP contribution in [-0.2, 0) is 6.42 Å². The molecule has 0 heterocycles. The summed E-state index contributed by atoms with van der Waals surface area (Å²) in [5.74, 6) is 0.0766. The number of aliphatic hydroxyl groups excluding tert-OH is 1. The van der Waals surface area contributed by atoms with Gasteiger partial charge in [0.15, 0.2) is 0 Å². The molecule has 0 aliphatic heterocycles. The van der Waals surface area contributed by atoms with Gasteiger partial charge in [-0.2, -0.15) is 0 Å². The molecule has 2 N–H and O–H groups in total. The van der Waals surface area contributed by atoms with Gasteiger partial charge in [0.25, 0.3) is 5.91 Å². The highest BCUT2D eigenvalue weighted by molar-refractivity contribution is 5.94. The van der Waals surface area contributed by atoms with Gasteiger partial charge in [-0.25, -0.2) is 0 Å². The summed E-state index contributed by atoms with van der Waals surface area (Å²) in [5.41, 5.74) is 1.86. The van der Waals surface area contributed by atoms with E-state index in [0.29, 0.717) is 12.1 Å². The number of hydrogen-bond donors (Lipinski definition) is 2. The van der Waals surface area contributed by atoms with Gasteiger partial charge in [0, 0.05) is 12.1 Å². The van der Waals surface area contributed by atoms with Gasteiger partial charge < -0.3 is 10.4 Å². The van der Waals surface area contributed by atoms with E-state index in [1.165, 1.54) is 5.56 Å². The van der Waals surface area contributed by atoms with E-state index in [0.717, 1.165) is 12.8 Å². The fourth-order valence-corrected chi connectivity index (χ4v) is 1.66. The molecule has 0 saturated heterocycles. The molecule has 0 fully saturated rings. The molecule has 0 radical (unpaired) electrons. The SMILES string of the molecule is CCc1ccc(C(=O)NCC(O)C(C)CC)cc1. The molecule has 1 aromatic carbocycles. The zero-order valence-corrected chi connectivity index (χ0v) is 11.4. The molecule has 0 spiro atoms. The Morgan fingerprint density at radius 1 is 1.28 bits per heavy atom. The molecule has 1 amide bonds. The van der Waals surface area contributed by atoms with Crippen LogP contribution in [0.5, 0.6) is 0 Å². The summed E-state index contributed by atoms with van der Waals surface area (Å²) >= 11 is 0. The van der Waals surface area contributed by atoms with E-state index in [1.54, 1.807) is 0 Å². The summed E-state index contributed by atoms with van der Waals surface area (Å²) in [7, 11) is 0. The summed E-state index contributed by atoms with van der Waals surface area (Å²) in [6, 6.07) is 7.56. The van der Waals surface area contributed by atoms with Crippen LogP contribution in [0.25, 0.3) is 0 Å². The summed E-state index contributed by atoms with van der Waals surface area (Å²) in [6.07, 6.45) is 1.39. The monoisotopic (exact) mass is 249 g/mol. The van der Waals surface area contributed by atoms with Crippen molar-refractivity contribution in [2.75, 3.05) is 6.54 Å². The van der Waals surface area contributed by atoms with E-state index in [-0.39, 0.29) is 11.8 Å². The van der Waals surface area contributed by atoms with Crippen LogP contribution in [-0.4, -0.2) is 23.7 Å². The molecule has 0 aliphatic rings. The maximum atomic E-state index is 11.8. The van der Waals surface area contributed by atoms with Crippen molar-refractivity contribution in [1.82, 2.24) is 5.32 Å². The third kappa shape index (κ3) is 4.15. The Labute approximate surface area is 109 Å². The molecule has 0 aromatic heterocycles. The third-order valence-corrected chi connectivity index (χ3v) is 3.40. The van der Waals surface area contributed by atoms with E-state index in [1.807, 2.05) is 38.1 Å². The van der Waals surface area contributed by atoms with E-state index in [2.05, 4.69) is 12.2 Å². The third-order valence-electron chi connectivity index (χ3n) is 3.40. The molecule has 2 unspecified atom stereocenters. The lowest BCUT2D eigenvalue weighted by Crippen LogP contribution is -2.35. The zero-order valence-electron chi connectivity index (χ0n) is 11.4. The van der Waals surface area contributed by atoms with Crippen LogP contribution in [0.3, 0.4) is 0 Å². The topological polar surface area (TPSA) is 49.3 Å². The minimum atomic E-state index is -0.478. The fourth-order valence-electron chi connectivity index (χ4n) is 1.66. The maximum Gasteiger partial charge on any atom is 0.251 e. The van der Waals surface area contributed by atoms with Gasteiger partial charge in [-0.1, -0.05) is 39.3 Å². The second-order valence-corrected chi connectivity index (χ2v) is 4.71. The first-order valence-corrected chi connectivity index (χ1v) is 6.63. The van der Waals surface area contributed by atoms with E-state index in [4.69, 9.17) is 0 Å². The Balaban J connectivity index is 2.49. The maximum absolute atomic E-state index is 11.8. The van der Waals surface area contributed by atoms with Gasteiger partial charge in [-0.3, -0.25) is 4.79 Å². The fraction of sp³-hybridized carbons (Fsp3) is 0.533. The number of hydrogen-bond acceptors (Lipinski definition) is 2. The van der Waals surface area contributed by atoms with Crippen molar-refractivity contribution >= 4 is 5.91 Å². The molecule has 0 aliphatic carbocycles. The Hall–Kier alpha value is -1.35. The first-order chi connectivity index (χ1) is 8.58. The number of carbonyl (C=O) groups is 1. The van der Waals surface area contributed by atoms with Crippen LogP contribution in [0.4, 0.5) is 0 Å². The Kier molecular flexibility index (Phi) is 5.86. The number of aryl methyl sites for hydroxylation is 1. The van der Waals surface area contributed by atoms with Gasteiger partial charge in [0.2, 0.25) is 0 Å². The Morgan fingerprint density at radius 2 is 1.89 bits per heavy atom. The number of amides is 1. The standard InChI is InChI=1S/C15H23NO2/c1-4-11(3)14(17)10-16-15(18)13-8-6-12(5-2)7-9-13/h6-9,11,14,17H,4-5,10H2,1-3H3,(H,16,18). The first-order valence-electron chi connectivity index (χ1n) is 6.63. The van der Waals surface area contributed by atoms with E-state index in [9.17, 15) is 9.90 Å². The average Bonchev–Trinajstić information content (AvgIpc) is 2.43. The highest BCUT2D eigenvalue weighted by Crippen LogP contribution is 2.07. The smallest absolute Gasteiger partial charge is 0.251 e. The predicted octanol–water partition coefficient (Wildman–Crippen LogP) is 2.39. The second kappa shape index (κ2) is 7.17. The molecule has 3 heteroatoms. The van der Waals surface area contributed by atoms with Crippen LogP contribution < -0.4 is 5.32 Å². The van der Waals surface area contributed by atoms with Crippen molar-refractivity contribution < 1.29 is 9.90 Å². The summed E-state index contributed by atoms with van der Waals surface area (Å²) < 4.78 is 0. The quantitative estimate of drug-likeness (QED) is 0.813. The van der Waals surface area contributed by atoms with Crippen molar-refractivity contribution in [2.24, 2.45) is 5.92 Å². The van der Waals surface area contributed by atoms with Crippen molar-refractivity contribution in [2.45, 2.75) is 39.7 Å². The summed E-state index contributed by atoms with van der Waals surface area (Å²) in [4.78, 5) is 11.8. The van der Waals surface area contributed by atoms with Gasteiger partial charge in [-0.15, -0.1) is 0 Å². The first kappa shape index (κ1) is 14.7. The summed E-state index contributed by atoms with van der Waals surface area (Å²) in [5, 5.41) is 12.5. The zero-order chi connectivity index (χ0) is 13.5. The van der Waals surface area contributed by atoms with Crippen LogP contribution in [0, 0.1) is 5.92 Å². The number of carbonyl (C=O) groups excluding carboxylic acids is 1. The highest BCUT2D eigenvalue weighted by atomic mass is 16.3. The predicted molar refractivity (Wildman–Crippen MR) is 73.6 cm³/mol. The lowest BCUT2D eigenvalue weighted by Gasteiger charge is -2.17. The number of benzene rings is 1. The molecule has 18 heavy (non-hydrogen) atoms. The lowest BCUT2D eigenvalue weighted by molar-refractivity contribution is 0.0850.